The van der Waals surface area contributed by atoms with Crippen molar-refractivity contribution in [2.45, 2.75) is 20.4 Å². The SMILES string of the molecule is CCOc1ccc(C(=O)N(CC)Cc2cnc3ccccn23)cc1. The predicted octanol–water partition coefficient (Wildman–Crippen LogP) is 3.40. The molecule has 0 N–H and O–H groups in total. The minimum atomic E-state index is 0.00595. The van der Waals surface area contributed by atoms with Crippen LogP contribution >= 0.6 is 0 Å². The van der Waals surface area contributed by atoms with Crippen molar-refractivity contribution < 1.29 is 9.53 Å². The quantitative estimate of drug-likeness (QED) is 0.698. The first-order chi connectivity index (χ1) is 11.7. The van der Waals surface area contributed by atoms with E-state index in [0.717, 1.165) is 17.1 Å². The van der Waals surface area contributed by atoms with Crippen molar-refractivity contribution in [2.75, 3.05) is 13.2 Å². The lowest BCUT2D eigenvalue weighted by Crippen LogP contribution is -2.30. The fourth-order valence-corrected chi connectivity index (χ4v) is 2.67. The normalized spacial score (nSPS) is 10.8. The second-order valence-corrected chi connectivity index (χ2v) is 5.46. The second-order valence-electron chi connectivity index (χ2n) is 5.46. The van der Waals surface area contributed by atoms with E-state index < -0.39 is 0 Å². The van der Waals surface area contributed by atoms with Gasteiger partial charge < -0.3 is 14.0 Å². The summed E-state index contributed by atoms with van der Waals surface area (Å²) in [5.41, 5.74) is 2.54. The molecule has 24 heavy (non-hydrogen) atoms. The Morgan fingerprint density at radius 2 is 1.96 bits per heavy atom. The molecule has 3 aromatic rings. The minimum Gasteiger partial charge on any atom is -0.494 e. The highest BCUT2D eigenvalue weighted by Gasteiger charge is 2.16. The van der Waals surface area contributed by atoms with E-state index in [1.54, 1.807) is 0 Å². The van der Waals surface area contributed by atoms with E-state index in [1.165, 1.54) is 0 Å². The molecule has 1 aromatic carbocycles. The van der Waals surface area contributed by atoms with E-state index in [-0.39, 0.29) is 5.91 Å². The Balaban J connectivity index is 1.79. The molecule has 0 bridgehead atoms. The smallest absolute Gasteiger partial charge is 0.254 e. The fourth-order valence-electron chi connectivity index (χ4n) is 2.67. The lowest BCUT2D eigenvalue weighted by Gasteiger charge is -2.21. The first-order valence-electron chi connectivity index (χ1n) is 8.16. The van der Waals surface area contributed by atoms with E-state index in [1.807, 2.05) is 78.0 Å². The summed E-state index contributed by atoms with van der Waals surface area (Å²) in [5, 5.41) is 0. The lowest BCUT2D eigenvalue weighted by molar-refractivity contribution is 0.0750. The maximum Gasteiger partial charge on any atom is 0.254 e. The van der Waals surface area contributed by atoms with Crippen LogP contribution in [0.15, 0.2) is 54.9 Å². The van der Waals surface area contributed by atoms with Crippen LogP contribution in [0.3, 0.4) is 0 Å². The number of benzene rings is 1. The Morgan fingerprint density at radius 1 is 1.17 bits per heavy atom. The molecule has 3 rings (SSSR count). The number of carbonyl (C=O) groups is 1. The maximum absolute atomic E-state index is 12.8. The van der Waals surface area contributed by atoms with Crippen LogP contribution in [-0.4, -0.2) is 33.3 Å². The third-order valence-corrected chi connectivity index (χ3v) is 3.93. The molecule has 0 aliphatic rings. The van der Waals surface area contributed by atoms with E-state index in [4.69, 9.17) is 4.74 Å². The van der Waals surface area contributed by atoms with Crippen LogP contribution in [-0.2, 0) is 6.54 Å². The number of hydrogen-bond acceptors (Lipinski definition) is 3. The lowest BCUT2D eigenvalue weighted by atomic mass is 10.2. The summed E-state index contributed by atoms with van der Waals surface area (Å²) < 4.78 is 7.43. The molecule has 0 aliphatic heterocycles. The van der Waals surface area contributed by atoms with Gasteiger partial charge in [0.1, 0.15) is 11.4 Å². The predicted molar refractivity (Wildman–Crippen MR) is 93.2 cm³/mol. The van der Waals surface area contributed by atoms with Crippen molar-refractivity contribution in [3.63, 3.8) is 0 Å². The van der Waals surface area contributed by atoms with Gasteiger partial charge in [-0.05, 0) is 50.2 Å². The monoisotopic (exact) mass is 323 g/mol. The van der Waals surface area contributed by atoms with Crippen LogP contribution < -0.4 is 4.74 Å². The van der Waals surface area contributed by atoms with Crippen molar-refractivity contribution >= 4 is 11.6 Å². The fraction of sp³-hybridized carbons (Fsp3) is 0.263. The first-order valence-corrected chi connectivity index (χ1v) is 8.16. The van der Waals surface area contributed by atoms with Gasteiger partial charge in [0.15, 0.2) is 0 Å². The Bertz CT molecular complexity index is 824. The second kappa shape index (κ2) is 7.17. The highest BCUT2D eigenvalue weighted by atomic mass is 16.5. The van der Waals surface area contributed by atoms with Gasteiger partial charge in [-0.2, -0.15) is 0 Å². The Morgan fingerprint density at radius 3 is 2.67 bits per heavy atom. The van der Waals surface area contributed by atoms with Crippen molar-refractivity contribution in [3.05, 3.63) is 66.1 Å². The molecule has 2 heterocycles. The number of aromatic nitrogens is 2. The zero-order valence-electron chi connectivity index (χ0n) is 14.0. The van der Waals surface area contributed by atoms with E-state index >= 15 is 0 Å². The van der Waals surface area contributed by atoms with Crippen LogP contribution in [0.4, 0.5) is 0 Å². The molecule has 5 nitrogen and oxygen atoms in total. The molecule has 0 spiro atoms. The number of carbonyl (C=O) groups excluding carboxylic acids is 1. The van der Waals surface area contributed by atoms with Crippen LogP contribution in [0, 0.1) is 0 Å². The molecule has 0 fully saturated rings. The highest BCUT2D eigenvalue weighted by Crippen LogP contribution is 2.16. The number of nitrogens with zero attached hydrogens (tertiary/aromatic N) is 3. The van der Waals surface area contributed by atoms with Gasteiger partial charge in [0.05, 0.1) is 25.0 Å². The standard InChI is InChI=1S/C19H21N3O2/c1-3-21(14-16-13-20-18-7-5-6-12-22(16)18)19(23)15-8-10-17(11-9-15)24-4-2/h5-13H,3-4,14H2,1-2H3. The van der Waals surface area contributed by atoms with E-state index in [0.29, 0.717) is 25.3 Å². The third-order valence-electron chi connectivity index (χ3n) is 3.93. The molecular formula is C19H21N3O2. The van der Waals surface area contributed by atoms with Crippen molar-refractivity contribution in [2.24, 2.45) is 0 Å². The van der Waals surface area contributed by atoms with Gasteiger partial charge in [0, 0.05) is 18.3 Å². The van der Waals surface area contributed by atoms with Gasteiger partial charge in [-0.25, -0.2) is 4.98 Å². The zero-order chi connectivity index (χ0) is 16.9. The molecule has 5 heteroatoms. The summed E-state index contributed by atoms with van der Waals surface area (Å²) in [6.45, 7) is 5.69. The minimum absolute atomic E-state index is 0.00595. The van der Waals surface area contributed by atoms with Crippen molar-refractivity contribution in [1.29, 1.82) is 0 Å². The van der Waals surface area contributed by atoms with Crippen molar-refractivity contribution in [1.82, 2.24) is 14.3 Å². The zero-order valence-corrected chi connectivity index (χ0v) is 14.0. The number of ether oxygens (including phenoxy) is 1. The topological polar surface area (TPSA) is 46.8 Å². The van der Waals surface area contributed by atoms with Crippen LogP contribution in [0.25, 0.3) is 5.65 Å². The number of imidazole rings is 1. The summed E-state index contributed by atoms with van der Waals surface area (Å²) in [6.07, 6.45) is 3.79. The molecular weight excluding hydrogens is 302 g/mol. The van der Waals surface area contributed by atoms with E-state index in [2.05, 4.69) is 4.98 Å². The Kier molecular flexibility index (Phi) is 4.79. The third kappa shape index (κ3) is 3.25. The molecule has 124 valence electrons. The highest BCUT2D eigenvalue weighted by molar-refractivity contribution is 5.94. The maximum atomic E-state index is 12.8. The number of amides is 1. The summed E-state index contributed by atoms with van der Waals surface area (Å²) in [5.74, 6) is 0.783. The van der Waals surface area contributed by atoms with Gasteiger partial charge in [0.2, 0.25) is 0 Å². The van der Waals surface area contributed by atoms with Crippen molar-refractivity contribution in [3.8, 4) is 5.75 Å². The summed E-state index contributed by atoms with van der Waals surface area (Å²) >= 11 is 0. The average Bonchev–Trinajstić information content (AvgIpc) is 3.03. The first kappa shape index (κ1) is 16.1. The van der Waals surface area contributed by atoms with Gasteiger partial charge in [-0.3, -0.25) is 4.79 Å². The molecule has 0 unspecified atom stereocenters. The molecule has 0 aliphatic carbocycles. The Hall–Kier alpha value is -2.82. The van der Waals surface area contributed by atoms with Crippen LogP contribution in [0.1, 0.15) is 29.9 Å². The average molecular weight is 323 g/mol. The van der Waals surface area contributed by atoms with Crippen LogP contribution in [0.2, 0.25) is 0 Å². The molecule has 0 radical (unpaired) electrons. The number of fused-ring (bicyclic) bond motifs is 1. The summed E-state index contributed by atoms with van der Waals surface area (Å²) in [4.78, 5) is 19.0. The van der Waals surface area contributed by atoms with Gasteiger partial charge in [-0.1, -0.05) is 6.07 Å². The van der Waals surface area contributed by atoms with Gasteiger partial charge >= 0.3 is 0 Å². The van der Waals surface area contributed by atoms with Gasteiger partial charge in [0.25, 0.3) is 5.91 Å². The van der Waals surface area contributed by atoms with E-state index in [9.17, 15) is 4.79 Å². The molecule has 1 amide bonds. The summed E-state index contributed by atoms with van der Waals surface area (Å²) in [6, 6.07) is 13.2. The number of hydrogen-bond donors (Lipinski definition) is 0. The molecule has 0 atom stereocenters. The molecule has 0 saturated carbocycles. The number of rotatable bonds is 6. The number of pyridine rings is 1. The van der Waals surface area contributed by atoms with Gasteiger partial charge in [-0.15, -0.1) is 0 Å². The largest absolute Gasteiger partial charge is 0.494 e. The molecule has 2 aromatic heterocycles. The Labute approximate surface area is 141 Å². The molecule has 0 saturated heterocycles. The van der Waals surface area contributed by atoms with Crippen LogP contribution in [0.5, 0.6) is 5.75 Å². The summed E-state index contributed by atoms with van der Waals surface area (Å²) in [7, 11) is 0.